The Morgan fingerprint density at radius 3 is 2.72 bits per heavy atom. The highest BCUT2D eigenvalue weighted by Crippen LogP contribution is 2.33. The van der Waals surface area contributed by atoms with Crippen LogP contribution in [0.3, 0.4) is 0 Å². The molecule has 1 atom stereocenters. The first-order valence-electron chi connectivity index (χ1n) is 7.69. The molecule has 1 unspecified atom stereocenters. The van der Waals surface area contributed by atoms with Gasteiger partial charge in [0.25, 0.3) is 0 Å². The first-order valence-corrected chi connectivity index (χ1v) is 8.85. The van der Waals surface area contributed by atoms with E-state index in [2.05, 4.69) is 35.8 Å². The van der Waals surface area contributed by atoms with Gasteiger partial charge in [0.05, 0.1) is 0 Å². The molecule has 0 bridgehead atoms. The lowest BCUT2D eigenvalue weighted by molar-refractivity contribution is 0.287. The zero-order valence-corrected chi connectivity index (χ0v) is 13.0. The maximum Gasteiger partial charge on any atom is 0.0108 e. The third kappa shape index (κ3) is 5.10. The van der Waals surface area contributed by atoms with E-state index in [-0.39, 0.29) is 0 Å². The Balaban J connectivity index is 1.61. The van der Waals surface area contributed by atoms with E-state index in [1.807, 2.05) is 0 Å². The van der Waals surface area contributed by atoms with E-state index >= 15 is 0 Å². The molecule has 1 saturated carbocycles. The quantitative estimate of drug-likeness (QED) is 0.791. The summed E-state index contributed by atoms with van der Waals surface area (Å²) in [6.45, 7) is 9.89. The van der Waals surface area contributed by atoms with Crippen molar-refractivity contribution in [2.75, 3.05) is 37.7 Å². The van der Waals surface area contributed by atoms with Crippen LogP contribution in [0.5, 0.6) is 0 Å². The van der Waals surface area contributed by atoms with Crippen molar-refractivity contribution in [2.45, 2.75) is 52.0 Å². The van der Waals surface area contributed by atoms with Gasteiger partial charge < -0.3 is 10.2 Å². The standard InChI is InChI=1S/C15H30N2S/c1-15(2)6-3-4-14(5-7-15)16-8-9-17-10-12-18-13-11-17/h14,16H,3-13H2,1-2H3. The fourth-order valence-corrected chi connectivity index (χ4v) is 4.10. The molecule has 106 valence electrons. The van der Waals surface area contributed by atoms with Crippen molar-refractivity contribution >= 4 is 11.8 Å². The first-order chi connectivity index (χ1) is 8.66. The number of nitrogens with one attached hydrogen (secondary N) is 1. The number of hydrogen-bond acceptors (Lipinski definition) is 3. The molecule has 2 rings (SSSR count). The van der Waals surface area contributed by atoms with Gasteiger partial charge in [0.1, 0.15) is 0 Å². The van der Waals surface area contributed by atoms with Gasteiger partial charge in [-0.1, -0.05) is 20.3 Å². The van der Waals surface area contributed by atoms with Crippen molar-refractivity contribution in [3.05, 3.63) is 0 Å². The predicted octanol–water partition coefficient (Wildman–Crippen LogP) is 2.98. The molecule has 18 heavy (non-hydrogen) atoms. The fraction of sp³-hybridized carbons (Fsp3) is 1.00. The van der Waals surface area contributed by atoms with Crippen LogP contribution in [-0.2, 0) is 0 Å². The number of nitrogens with zero attached hydrogens (tertiary/aromatic N) is 1. The molecular weight excluding hydrogens is 240 g/mol. The van der Waals surface area contributed by atoms with Gasteiger partial charge >= 0.3 is 0 Å². The van der Waals surface area contributed by atoms with Crippen LogP contribution in [0.1, 0.15) is 46.0 Å². The molecule has 3 heteroatoms. The second-order valence-corrected chi connectivity index (χ2v) is 7.92. The summed E-state index contributed by atoms with van der Waals surface area (Å²) < 4.78 is 0. The molecular formula is C15H30N2S. The SMILES string of the molecule is CC1(C)CCCC(NCCN2CCSCC2)CC1. The van der Waals surface area contributed by atoms with Crippen molar-refractivity contribution in [3.8, 4) is 0 Å². The van der Waals surface area contributed by atoms with Crippen molar-refractivity contribution in [1.82, 2.24) is 10.2 Å². The van der Waals surface area contributed by atoms with Crippen LogP contribution in [0, 0.1) is 5.41 Å². The topological polar surface area (TPSA) is 15.3 Å². The van der Waals surface area contributed by atoms with Crippen LogP contribution in [0.2, 0.25) is 0 Å². The van der Waals surface area contributed by atoms with Gasteiger partial charge in [-0.2, -0.15) is 11.8 Å². The Morgan fingerprint density at radius 2 is 1.94 bits per heavy atom. The molecule has 1 aliphatic heterocycles. The maximum atomic E-state index is 3.80. The summed E-state index contributed by atoms with van der Waals surface area (Å²) in [5, 5.41) is 3.80. The third-order valence-corrected chi connectivity index (χ3v) is 5.48. The zero-order valence-electron chi connectivity index (χ0n) is 12.2. The van der Waals surface area contributed by atoms with E-state index < -0.39 is 0 Å². The van der Waals surface area contributed by atoms with Crippen LogP contribution < -0.4 is 5.32 Å². The van der Waals surface area contributed by atoms with Crippen molar-refractivity contribution in [3.63, 3.8) is 0 Å². The third-order valence-electron chi connectivity index (χ3n) is 4.54. The molecule has 0 spiro atoms. The van der Waals surface area contributed by atoms with Crippen molar-refractivity contribution in [2.24, 2.45) is 5.41 Å². The maximum absolute atomic E-state index is 3.80. The highest BCUT2D eigenvalue weighted by molar-refractivity contribution is 7.99. The summed E-state index contributed by atoms with van der Waals surface area (Å²) in [5.74, 6) is 2.66. The molecule has 1 saturated heterocycles. The van der Waals surface area contributed by atoms with Crippen LogP contribution in [0.25, 0.3) is 0 Å². The van der Waals surface area contributed by atoms with Crippen LogP contribution >= 0.6 is 11.8 Å². The van der Waals surface area contributed by atoms with Gasteiger partial charge in [-0.05, 0) is 31.1 Å². The number of rotatable bonds is 4. The molecule has 0 aromatic carbocycles. The minimum Gasteiger partial charge on any atom is -0.313 e. The minimum absolute atomic E-state index is 0.584. The Kier molecular flexibility index (Phi) is 5.84. The lowest BCUT2D eigenvalue weighted by Crippen LogP contribution is -2.40. The van der Waals surface area contributed by atoms with E-state index in [0.29, 0.717) is 5.41 Å². The molecule has 2 aliphatic rings. The molecule has 1 N–H and O–H groups in total. The highest BCUT2D eigenvalue weighted by atomic mass is 32.2. The smallest absolute Gasteiger partial charge is 0.0108 e. The van der Waals surface area contributed by atoms with E-state index in [0.717, 1.165) is 6.04 Å². The summed E-state index contributed by atoms with van der Waals surface area (Å²) in [5.41, 5.74) is 0.584. The Morgan fingerprint density at radius 1 is 1.17 bits per heavy atom. The lowest BCUT2D eigenvalue weighted by atomic mass is 9.85. The fourth-order valence-electron chi connectivity index (χ4n) is 3.12. The van der Waals surface area contributed by atoms with E-state index in [9.17, 15) is 0 Å². The van der Waals surface area contributed by atoms with Crippen molar-refractivity contribution in [1.29, 1.82) is 0 Å². The van der Waals surface area contributed by atoms with E-state index in [4.69, 9.17) is 0 Å². The molecule has 0 radical (unpaired) electrons. The highest BCUT2D eigenvalue weighted by Gasteiger charge is 2.24. The van der Waals surface area contributed by atoms with Gasteiger partial charge in [-0.25, -0.2) is 0 Å². The van der Waals surface area contributed by atoms with Gasteiger partial charge in [-0.15, -0.1) is 0 Å². The lowest BCUT2D eigenvalue weighted by Gasteiger charge is -2.27. The van der Waals surface area contributed by atoms with Crippen LogP contribution in [-0.4, -0.2) is 48.6 Å². The van der Waals surface area contributed by atoms with Crippen LogP contribution in [0.15, 0.2) is 0 Å². The Hall–Kier alpha value is 0.270. The molecule has 2 nitrogen and oxygen atoms in total. The van der Waals surface area contributed by atoms with Gasteiger partial charge in [-0.3, -0.25) is 0 Å². The molecule has 0 aromatic heterocycles. The Labute approximate surface area is 117 Å². The predicted molar refractivity (Wildman–Crippen MR) is 82.4 cm³/mol. The molecule has 1 heterocycles. The van der Waals surface area contributed by atoms with Gasteiger partial charge in [0.15, 0.2) is 0 Å². The number of hydrogen-bond donors (Lipinski definition) is 1. The average Bonchev–Trinajstić information content (AvgIpc) is 2.52. The van der Waals surface area contributed by atoms with E-state index in [1.165, 1.54) is 69.8 Å². The van der Waals surface area contributed by atoms with Gasteiger partial charge in [0.2, 0.25) is 0 Å². The van der Waals surface area contributed by atoms with Crippen LogP contribution in [0.4, 0.5) is 0 Å². The monoisotopic (exact) mass is 270 g/mol. The van der Waals surface area contributed by atoms with Gasteiger partial charge in [0, 0.05) is 43.7 Å². The second kappa shape index (κ2) is 7.16. The first kappa shape index (κ1) is 14.7. The van der Waals surface area contributed by atoms with E-state index in [1.54, 1.807) is 0 Å². The van der Waals surface area contributed by atoms with Crippen molar-refractivity contribution < 1.29 is 0 Å². The molecule has 0 amide bonds. The zero-order chi connectivity index (χ0) is 12.8. The summed E-state index contributed by atoms with van der Waals surface area (Å²) >= 11 is 2.10. The minimum atomic E-state index is 0.584. The molecule has 2 fully saturated rings. The molecule has 0 aromatic rings. The second-order valence-electron chi connectivity index (χ2n) is 6.70. The Bertz CT molecular complexity index is 237. The summed E-state index contributed by atoms with van der Waals surface area (Å²) in [6, 6.07) is 0.783. The normalized spacial score (nSPS) is 30.0. The summed E-state index contributed by atoms with van der Waals surface area (Å²) in [4.78, 5) is 2.62. The largest absolute Gasteiger partial charge is 0.313 e. The molecule has 1 aliphatic carbocycles. The average molecular weight is 270 g/mol. The summed E-state index contributed by atoms with van der Waals surface area (Å²) in [7, 11) is 0. The number of thioether (sulfide) groups is 1. The summed E-state index contributed by atoms with van der Waals surface area (Å²) in [6.07, 6.45) is 6.98.